The summed E-state index contributed by atoms with van der Waals surface area (Å²) in [6, 6.07) is 1.72. The van der Waals surface area contributed by atoms with Crippen LogP contribution < -0.4 is 0 Å². The molecule has 1 aromatic heterocycles. The highest BCUT2D eigenvalue weighted by molar-refractivity contribution is 5.89. The summed E-state index contributed by atoms with van der Waals surface area (Å²) >= 11 is 0. The van der Waals surface area contributed by atoms with E-state index in [0.29, 0.717) is 24.5 Å². The number of fused-ring (bicyclic) bond motifs is 1. The van der Waals surface area contributed by atoms with Gasteiger partial charge in [0.1, 0.15) is 0 Å². The molecule has 1 N–H and O–H groups in total. The second-order valence-electron chi connectivity index (χ2n) is 3.95. The Morgan fingerprint density at radius 3 is 3.12 bits per heavy atom. The molecular formula is C12H15NO3. The number of hydrogen-bond acceptors (Lipinski definition) is 3. The number of rotatable bonds is 3. The maximum atomic E-state index is 11.1. The molecule has 0 atom stereocenters. The number of aromatic nitrogens is 1. The van der Waals surface area contributed by atoms with Crippen molar-refractivity contribution in [3.63, 3.8) is 0 Å². The van der Waals surface area contributed by atoms with Crippen molar-refractivity contribution in [1.82, 2.24) is 4.98 Å². The number of carboxylic acid groups (broad SMARTS) is 1. The van der Waals surface area contributed by atoms with Crippen LogP contribution in [0.15, 0.2) is 6.07 Å². The molecule has 2 rings (SSSR count). The zero-order chi connectivity index (χ0) is 11.5. The first-order valence-electron chi connectivity index (χ1n) is 5.55. The van der Waals surface area contributed by atoms with Gasteiger partial charge in [0.25, 0.3) is 0 Å². The lowest BCUT2D eigenvalue weighted by molar-refractivity contribution is 0.0693. The zero-order valence-corrected chi connectivity index (χ0v) is 9.32. The summed E-state index contributed by atoms with van der Waals surface area (Å²) in [5.74, 6) is -0.899. The normalized spacial score (nSPS) is 14.6. The lowest BCUT2D eigenvalue weighted by Crippen LogP contribution is -2.16. The Labute approximate surface area is 94.3 Å². The first-order valence-corrected chi connectivity index (χ1v) is 5.55. The Hall–Kier alpha value is -1.42. The molecule has 0 fully saturated rings. The number of nitrogens with zero attached hydrogens (tertiary/aromatic N) is 1. The molecule has 0 aromatic carbocycles. The van der Waals surface area contributed by atoms with Crippen LogP contribution in [0.25, 0.3) is 0 Å². The predicted octanol–water partition coefficient (Wildman–Crippen LogP) is 1.80. The van der Waals surface area contributed by atoms with Crippen LogP contribution in [-0.4, -0.2) is 22.7 Å². The van der Waals surface area contributed by atoms with E-state index in [2.05, 4.69) is 4.98 Å². The summed E-state index contributed by atoms with van der Waals surface area (Å²) in [6.45, 7) is 3.18. The predicted molar refractivity (Wildman–Crippen MR) is 58.6 cm³/mol. The molecule has 0 spiro atoms. The van der Waals surface area contributed by atoms with Crippen LogP contribution in [0, 0.1) is 0 Å². The van der Waals surface area contributed by atoms with Gasteiger partial charge in [-0.15, -0.1) is 0 Å². The molecule has 86 valence electrons. The van der Waals surface area contributed by atoms with E-state index in [4.69, 9.17) is 9.84 Å². The topological polar surface area (TPSA) is 59.4 Å². The Balaban J connectivity index is 2.45. The fraction of sp³-hybridized carbons (Fsp3) is 0.500. The van der Waals surface area contributed by atoms with Crippen molar-refractivity contribution in [2.24, 2.45) is 0 Å². The van der Waals surface area contributed by atoms with E-state index in [1.807, 2.05) is 6.92 Å². The lowest BCUT2D eigenvalue weighted by atomic mass is 10.0. The fourth-order valence-electron chi connectivity index (χ4n) is 1.94. The third-order valence-corrected chi connectivity index (χ3v) is 2.73. The number of aryl methyl sites for hydroxylation is 1. The minimum Gasteiger partial charge on any atom is -0.478 e. The van der Waals surface area contributed by atoms with E-state index in [9.17, 15) is 4.79 Å². The van der Waals surface area contributed by atoms with Gasteiger partial charge in [-0.25, -0.2) is 4.79 Å². The quantitative estimate of drug-likeness (QED) is 0.845. The molecule has 0 saturated carbocycles. The molecule has 0 aliphatic carbocycles. The largest absolute Gasteiger partial charge is 0.478 e. The van der Waals surface area contributed by atoms with Gasteiger partial charge in [0.15, 0.2) is 0 Å². The molecule has 1 aliphatic heterocycles. The highest BCUT2D eigenvalue weighted by atomic mass is 16.5. The third-order valence-electron chi connectivity index (χ3n) is 2.73. The number of ether oxygens (including phenoxy) is 1. The standard InChI is InChI=1S/C12H15NO3/c1-2-3-11-9(12(14)15)6-8-7-16-5-4-10(8)13-11/h6H,2-5,7H2,1H3,(H,14,15). The Kier molecular flexibility index (Phi) is 3.19. The van der Waals surface area contributed by atoms with E-state index >= 15 is 0 Å². The minimum absolute atomic E-state index is 0.325. The average Bonchev–Trinajstić information content (AvgIpc) is 2.28. The highest BCUT2D eigenvalue weighted by Crippen LogP contribution is 2.19. The van der Waals surface area contributed by atoms with Gasteiger partial charge < -0.3 is 9.84 Å². The van der Waals surface area contributed by atoms with Crippen LogP contribution in [0.2, 0.25) is 0 Å². The number of aromatic carboxylic acids is 1. The molecule has 0 radical (unpaired) electrons. The molecular weight excluding hydrogens is 206 g/mol. The van der Waals surface area contributed by atoms with Crippen molar-refractivity contribution in [2.45, 2.75) is 32.8 Å². The van der Waals surface area contributed by atoms with E-state index in [-0.39, 0.29) is 0 Å². The Morgan fingerprint density at radius 1 is 1.62 bits per heavy atom. The van der Waals surface area contributed by atoms with E-state index in [1.54, 1.807) is 6.07 Å². The monoisotopic (exact) mass is 221 g/mol. The van der Waals surface area contributed by atoms with Crippen molar-refractivity contribution < 1.29 is 14.6 Å². The summed E-state index contributed by atoms with van der Waals surface area (Å²) in [4.78, 5) is 15.6. The number of carboxylic acids is 1. The molecule has 0 saturated heterocycles. The maximum absolute atomic E-state index is 11.1. The highest BCUT2D eigenvalue weighted by Gasteiger charge is 2.18. The Morgan fingerprint density at radius 2 is 2.44 bits per heavy atom. The van der Waals surface area contributed by atoms with Crippen molar-refractivity contribution in [2.75, 3.05) is 6.61 Å². The van der Waals surface area contributed by atoms with Crippen LogP contribution in [0.3, 0.4) is 0 Å². The molecule has 1 aromatic rings. The molecule has 0 amide bonds. The smallest absolute Gasteiger partial charge is 0.337 e. The molecule has 0 bridgehead atoms. The number of hydrogen-bond donors (Lipinski definition) is 1. The van der Waals surface area contributed by atoms with E-state index in [0.717, 1.165) is 30.5 Å². The summed E-state index contributed by atoms with van der Waals surface area (Å²) in [7, 11) is 0. The van der Waals surface area contributed by atoms with Gasteiger partial charge in [-0.1, -0.05) is 13.3 Å². The second kappa shape index (κ2) is 4.61. The van der Waals surface area contributed by atoms with Gasteiger partial charge in [-0.3, -0.25) is 4.98 Å². The number of carbonyl (C=O) groups is 1. The van der Waals surface area contributed by atoms with Crippen molar-refractivity contribution in [3.05, 3.63) is 28.6 Å². The minimum atomic E-state index is -0.899. The fourth-order valence-corrected chi connectivity index (χ4v) is 1.94. The molecule has 4 heteroatoms. The van der Waals surface area contributed by atoms with Crippen LogP contribution in [-0.2, 0) is 24.2 Å². The van der Waals surface area contributed by atoms with Crippen molar-refractivity contribution in [3.8, 4) is 0 Å². The lowest BCUT2D eigenvalue weighted by Gasteiger charge is -2.17. The van der Waals surface area contributed by atoms with Crippen molar-refractivity contribution in [1.29, 1.82) is 0 Å². The van der Waals surface area contributed by atoms with Crippen molar-refractivity contribution >= 4 is 5.97 Å². The first kappa shape index (κ1) is 11.1. The summed E-state index contributed by atoms with van der Waals surface area (Å²) in [6.07, 6.45) is 2.41. The average molecular weight is 221 g/mol. The maximum Gasteiger partial charge on any atom is 0.337 e. The van der Waals surface area contributed by atoms with Gasteiger partial charge in [0, 0.05) is 17.7 Å². The van der Waals surface area contributed by atoms with Gasteiger partial charge in [-0.05, 0) is 12.5 Å². The van der Waals surface area contributed by atoms with Crippen LogP contribution >= 0.6 is 0 Å². The molecule has 4 nitrogen and oxygen atoms in total. The van der Waals surface area contributed by atoms with E-state index < -0.39 is 5.97 Å². The molecule has 0 unspecified atom stereocenters. The van der Waals surface area contributed by atoms with Gasteiger partial charge in [0.05, 0.1) is 24.5 Å². The van der Waals surface area contributed by atoms with Gasteiger partial charge in [0.2, 0.25) is 0 Å². The number of pyridine rings is 1. The SMILES string of the molecule is CCCc1nc2c(cc1C(=O)O)COCC2. The van der Waals surface area contributed by atoms with Gasteiger partial charge in [-0.2, -0.15) is 0 Å². The zero-order valence-electron chi connectivity index (χ0n) is 9.32. The third kappa shape index (κ3) is 2.07. The molecule has 1 aliphatic rings. The van der Waals surface area contributed by atoms with Crippen LogP contribution in [0.4, 0.5) is 0 Å². The summed E-state index contributed by atoms with van der Waals surface area (Å²) in [5.41, 5.74) is 2.95. The summed E-state index contributed by atoms with van der Waals surface area (Å²) < 4.78 is 5.30. The molecule has 2 heterocycles. The first-order chi connectivity index (χ1) is 7.72. The van der Waals surface area contributed by atoms with Crippen LogP contribution in [0.1, 0.15) is 40.7 Å². The Bertz CT molecular complexity index is 415. The van der Waals surface area contributed by atoms with Gasteiger partial charge >= 0.3 is 5.97 Å². The second-order valence-corrected chi connectivity index (χ2v) is 3.95. The molecule has 16 heavy (non-hydrogen) atoms. The van der Waals surface area contributed by atoms with E-state index in [1.165, 1.54) is 0 Å². The van der Waals surface area contributed by atoms with Crippen LogP contribution in [0.5, 0.6) is 0 Å². The summed E-state index contributed by atoms with van der Waals surface area (Å²) in [5, 5.41) is 9.11.